The number of hydrogen-bond acceptors (Lipinski definition) is 27. The molecule has 0 spiro atoms. The molecule has 29 nitrogen and oxygen atoms in total. The van der Waals surface area contributed by atoms with E-state index in [0.717, 1.165) is 11.3 Å². The summed E-state index contributed by atoms with van der Waals surface area (Å²) >= 11 is 0. The van der Waals surface area contributed by atoms with Gasteiger partial charge in [0, 0.05) is 106 Å². The number of imidazole rings is 1. The number of carbonyl (C=O) groups excluding carboxylic acids is 5. The van der Waals surface area contributed by atoms with Gasteiger partial charge in [-0.2, -0.15) is 0 Å². The summed E-state index contributed by atoms with van der Waals surface area (Å²) in [6.45, 7) is 33.0. The number of ketones is 2. The molecule has 1 amide bonds. The fourth-order valence-electron chi connectivity index (χ4n) is 18.2. The normalized spacial score (nSPS) is 42.8. The summed E-state index contributed by atoms with van der Waals surface area (Å²) in [5.74, 6) is -7.53. The SMILES string of the molecule is CC[C@H]1OC(=O)[C@H](C)C(=O)[C@H](C)[C@@H](O[C@@H]2O[C@H](C)C[C@H](N(C)C)[C@H]2O)[C@](C)(OC)C[C@@H](C)C(=O)[C@H](C)[C@H]2N(CCCCn3cnc(-c4cccnc4)c3)C(=O)O[C@]12C.CC[C@H]1OC(=O)[C@H](C)[C@@H](O[C@H]2C[C@@](C)(OC)[C@@H](O)[C@H](C)O2)[C@H](C)[C@@H](O[C@@H]2O[C@H](C)C[C@H](N(C)C)[C@H]2O)[C@](C)(O)C[C@@H](C)CN(C)[C@H](C)[C@@H](O)[C@]1(C)O. The third-order valence-corrected chi connectivity index (χ3v) is 25.0. The van der Waals surface area contributed by atoms with Crippen LogP contribution < -0.4 is 0 Å². The molecule has 29 heteroatoms. The van der Waals surface area contributed by atoms with Gasteiger partial charge in [0.1, 0.15) is 53.9 Å². The van der Waals surface area contributed by atoms with Gasteiger partial charge in [0.05, 0.1) is 77.4 Å². The number of unbranched alkanes of at least 4 members (excludes halogenated alkanes) is 1. The van der Waals surface area contributed by atoms with E-state index in [1.54, 1.807) is 92.9 Å². The van der Waals surface area contributed by atoms with Gasteiger partial charge in [0.15, 0.2) is 30.3 Å². The number of esters is 2. The van der Waals surface area contributed by atoms with Gasteiger partial charge >= 0.3 is 18.0 Å². The molecule has 6 N–H and O–H groups in total. The Morgan fingerprint density at radius 2 is 1.22 bits per heavy atom. The van der Waals surface area contributed by atoms with E-state index in [9.17, 15) is 54.6 Å². The van der Waals surface area contributed by atoms with Crippen molar-refractivity contribution in [3.8, 4) is 11.3 Å². The van der Waals surface area contributed by atoms with Gasteiger partial charge in [-0.25, -0.2) is 9.78 Å². The number of methoxy groups -OCH3 is 2. The van der Waals surface area contributed by atoms with Crippen LogP contribution in [-0.4, -0.2) is 301 Å². The zero-order valence-corrected chi connectivity index (χ0v) is 70.3. The summed E-state index contributed by atoms with van der Waals surface area (Å²) in [7, 11) is 12.4. The van der Waals surface area contributed by atoms with Crippen LogP contribution in [0.25, 0.3) is 11.3 Å². The second-order valence-electron chi connectivity index (χ2n) is 34.5. The minimum absolute atomic E-state index is 0.130. The van der Waals surface area contributed by atoms with E-state index < -0.39 is 179 Å². The van der Waals surface area contributed by atoms with E-state index in [-0.39, 0.29) is 68.1 Å². The standard InChI is InChI=1S/C43H65N5O10.C38H72N2O12/c1-12-33-43(8)37(48(41(53)58-43)19-14-13-18-47-23-31(45-24-47)30-16-15-17-44-22-30)27(4)34(49)25(2)21-42(7,54-11)38(28(5)35(50)29(6)39(52)56-33)57-40-36(51)32(46(9)10)20-26(3)55-40;1-15-27-38(10,46)31(42)24(6)40(13)19-20(2)17-36(8,45)33(52-35-29(41)26(39(11)12)16-21(3)48-35)22(4)30(23(5)34(44)50-27)51-28-18-37(9,47-14)32(43)25(7)49-28/h15-17,22-29,32-33,36-38,40,51H,12-14,18-21H2,1-11H3;20-33,35,41-43,45-46H,15-19H2,1-14H3/t25-,26-,27+,28+,29-,32+,33-,36-,37-,38-,40+,42-,43-;20-,21-,22+,23-,24-,25+,26+,27-,28+,29-,30+,31-,32+,33-,35+,36-,37-,38-/m11/s1. The molecule has 2 aromatic rings. The number of likely N-dealkylation sites (N-methyl/N-ethyl adjacent to an activating group) is 3. The summed E-state index contributed by atoms with van der Waals surface area (Å²) in [4.78, 5) is 87.1. The van der Waals surface area contributed by atoms with Gasteiger partial charge in [-0.15, -0.1) is 0 Å². The number of nitrogens with zero attached hydrogens (tertiary/aromatic N) is 7. The molecule has 110 heavy (non-hydrogen) atoms. The molecule has 0 aliphatic carbocycles. The number of aromatic nitrogens is 3. The van der Waals surface area contributed by atoms with Crippen LogP contribution in [-0.2, 0) is 77.8 Å². The Kier molecular flexibility index (Phi) is 32.2. The van der Waals surface area contributed by atoms with Crippen molar-refractivity contribution in [2.75, 3.05) is 62.5 Å². The van der Waals surface area contributed by atoms with Crippen LogP contribution in [0.2, 0.25) is 0 Å². The van der Waals surface area contributed by atoms with Crippen molar-refractivity contribution in [1.29, 1.82) is 0 Å². The van der Waals surface area contributed by atoms with Gasteiger partial charge in [-0.05, 0) is 181 Å². The molecule has 0 unspecified atom stereocenters. The Labute approximate surface area is 653 Å². The van der Waals surface area contributed by atoms with E-state index in [1.165, 1.54) is 28.1 Å². The van der Waals surface area contributed by atoms with E-state index in [1.807, 2.05) is 114 Å². The molecule has 6 fully saturated rings. The van der Waals surface area contributed by atoms with Crippen molar-refractivity contribution >= 4 is 29.6 Å². The number of aliphatic hydroxyl groups excluding tert-OH is 4. The maximum Gasteiger partial charge on any atom is 0.410 e. The van der Waals surface area contributed by atoms with Crippen molar-refractivity contribution < 1.29 is 107 Å². The van der Waals surface area contributed by atoms with E-state index >= 15 is 0 Å². The number of pyridine rings is 1. The molecule has 628 valence electrons. The number of fused-ring (bicyclic) bond motifs is 1. The predicted octanol–water partition coefficient (Wildman–Crippen LogP) is 6.83. The lowest BCUT2D eigenvalue weighted by Gasteiger charge is -2.48. The number of aryl methyl sites for hydroxylation is 1. The fourth-order valence-corrected chi connectivity index (χ4v) is 18.2. The molecule has 2 aromatic heterocycles. The zero-order chi connectivity index (χ0) is 82.4. The summed E-state index contributed by atoms with van der Waals surface area (Å²) in [5, 5.41) is 69.6. The van der Waals surface area contributed by atoms with Crippen LogP contribution in [0.15, 0.2) is 37.1 Å². The van der Waals surface area contributed by atoms with Gasteiger partial charge in [-0.1, -0.05) is 48.5 Å². The second kappa shape index (κ2) is 38.3. The number of carbonyl (C=O) groups is 5. The number of amides is 1. The first-order chi connectivity index (χ1) is 51.3. The highest BCUT2D eigenvalue weighted by Gasteiger charge is 2.61. The van der Waals surface area contributed by atoms with Crippen LogP contribution in [0, 0.1) is 41.4 Å². The number of ether oxygens (including phenoxy) is 11. The number of Topliss-reactive ketones (excluding diaryl/α,β-unsaturated/α-hetero) is 2. The molecule has 6 aliphatic rings. The zero-order valence-electron chi connectivity index (χ0n) is 70.3. The van der Waals surface area contributed by atoms with E-state index in [4.69, 9.17) is 52.1 Å². The van der Waals surface area contributed by atoms with Crippen LogP contribution in [0.1, 0.15) is 182 Å². The van der Waals surface area contributed by atoms with Crippen LogP contribution in [0.4, 0.5) is 4.79 Å². The average molecular weight is 1560 g/mol. The largest absolute Gasteiger partial charge is 0.459 e. The molecule has 0 saturated carbocycles. The Morgan fingerprint density at radius 1 is 0.655 bits per heavy atom. The minimum Gasteiger partial charge on any atom is -0.459 e. The third-order valence-electron chi connectivity index (χ3n) is 25.0. The molecule has 0 aromatic carbocycles. The Morgan fingerprint density at radius 3 is 1.76 bits per heavy atom. The van der Waals surface area contributed by atoms with Crippen LogP contribution >= 0.6 is 0 Å². The van der Waals surface area contributed by atoms with Crippen LogP contribution in [0.5, 0.6) is 0 Å². The average Bonchev–Trinajstić information content (AvgIpc) is 1.58. The molecule has 8 heterocycles. The number of cyclic esters (lactones) is 2. The lowest BCUT2D eigenvalue weighted by atomic mass is 9.73. The van der Waals surface area contributed by atoms with Gasteiger partial charge in [0.2, 0.25) is 0 Å². The predicted molar refractivity (Wildman–Crippen MR) is 408 cm³/mol. The van der Waals surface area contributed by atoms with Crippen molar-refractivity contribution in [2.24, 2.45) is 41.4 Å². The number of rotatable bonds is 18. The van der Waals surface area contributed by atoms with Gasteiger partial charge in [0.25, 0.3) is 0 Å². The van der Waals surface area contributed by atoms with E-state index in [2.05, 4.69) is 9.97 Å². The van der Waals surface area contributed by atoms with E-state index in [0.29, 0.717) is 45.3 Å². The smallest absolute Gasteiger partial charge is 0.410 e. The molecular formula is C81H137N7O22. The molecule has 6 saturated heterocycles. The highest BCUT2D eigenvalue weighted by Crippen LogP contribution is 2.45. The Balaban J connectivity index is 0.000000308. The maximum absolute atomic E-state index is 14.7. The van der Waals surface area contributed by atoms with Crippen LogP contribution in [0.3, 0.4) is 0 Å². The van der Waals surface area contributed by atoms with Crippen molar-refractivity contribution in [3.05, 3.63) is 37.1 Å². The quantitative estimate of drug-likeness (QED) is 0.0385. The second-order valence-corrected chi connectivity index (χ2v) is 34.5. The first-order valence-corrected chi connectivity index (χ1v) is 39.9. The Bertz CT molecular complexity index is 3300. The van der Waals surface area contributed by atoms with Crippen molar-refractivity contribution in [2.45, 2.75) is 333 Å². The third kappa shape index (κ3) is 20.9. The summed E-state index contributed by atoms with van der Waals surface area (Å²) in [6.07, 6.45) is -3.74. The highest BCUT2D eigenvalue weighted by atomic mass is 16.7. The first kappa shape index (κ1) is 92.4. The molecule has 0 bridgehead atoms. The summed E-state index contributed by atoms with van der Waals surface area (Å²) in [6, 6.07) is 1.94. The van der Waals surface area contributed by atoms with Gasteiger partial charge < -0.3 is 107 Å². The molecule has 31 atom stereocenters. The van der Waals surface area contributed by atoms with Crippen molar-refractivity contribution in [1.82, 2.24) is 34.1 Å². The number of aliphatic hydroxyl groups is 6. The fraction of sp³-hybridized carbons (Fsp3) is 0.840. The minimum atomic E-state index is -1.80. The molecule has 6 aliphatic heterocycles. The molecule has 0 radical (unpaired) electrons. The summed E-state index contributed by atoms with van der Waals surface area (Å²) < 4.78 is 70.7. The maximum atomic E-state index is 14.7. The van der Waals surface area contributed by atoms with Crippen molar-refractivity contribution in [3.63, 3.8) is 0 Å². The topological polar surface area (TPSA) is 352 Å². The first-order valence-electron chi connectivity index (χ1n) is 39.9. The number of hydrogen-bond donors (Lipinski definition) is 6. The molecular weight excluding hydrogens is 1420 g/mol. The molecule has 8 rings (SSSR count). The summed E-state index contributed by atoms with van der Waals surface area (Å²) in [5.41, 5.74) is -5.31. The lowest BCUT2D eigenvalue weighted by molar-refractivity contribution is -0.318. The monoisotopic (exact) mass is 1560 g/mol. The lowest BCUT2D eigenvalue weighted by Crippen LogP contribution is -2.60. The van der Waals surface area contributed by atoms with Gasteiger partial charge in [-0.3, -0.25) is 24.2 Å². The highest BCUT2D eigenvalue weighted by molar-refractivity contribution is 6.00. The Hall–Kier alpha value is -4.77.